The molecule has 0 unspecified atom stereocenters. The molecule has 78 valence electrons. The number of hydrogen-bond acceptors (Lipinski definition) is 1. The summed E-state index contributed by atoms with van der Waals surface area (Å²) in [5.41, 5.74) is 0. The second-order valence-corrected chi connectivity index (χ2v) is 3.80. The molecule has 0 radical (unpaired) electrons. The van der Waals surface area contributed by atoms with Crippen molar-refractivity contribution in [3.8, 4) is 0 Å². The molecule has 1 atom stereocenters. The van der Waals surface area contributed by atoms with Crippen LogP contribution in [0.25, 0.3) is 0 Å². The van der Waals surface area contributed by atoms with Crippen molar-refractivity contribution in [3.05, 3.63) is 0 Å². The lowest BCUT2D eigenvalue weighted by molar-refractivity contribution is -0.119. The Morgan fingerprint density at radius 3 is 2.38 bits per heavy atom. The van der Waals surface area contributed by atoms with Gasteiger partial charge in [0.15, 0.2) is 0 Å². The van der Waals surface area contributed by atoms with Crippen LogP contribution in [0, 0.1) is 0 Å². The fraction of sp³-hybridized carbons (Fsp3) is 0.909. The van der Waals surface area contributed by atoms with Crippen molar-refractivity contribution < 1.29 is 4.79 Å². The zero-order chi connectivity index (χ0) is 10.1. The average Bonchev–Trinajstić information content (AvgIpc) is 2.02. The predicted octanol–water partition coefficient (Wildman–Crippen LogP) is 2.87. The van der Waals surface area contributed by atoms with Gasteiger partial charge in [-0.15, -0.1) is 0 Å². The molecule has 1 N–H and O–H groups in total. The van der Waals surface area contributed by atoms with Gasteiger partial charge >= 0.3 is 0 Å². The van der Waals surface area contributed by atoms with Crippen LogP contribution in [-0.4, -0.2) is 11.9 Å². The molecule has 2 nitrogen and oxygen atoms in total. The fourth-order valence-corrected chi connectivity index (χ4v) is 1.47. The molecule has 0 aromatic heterocycles. The lowest BCUT2D eigenvalue weighted by atomic mass is 10.1. The number of nitrogens with one attached hydrogen (secondary N) is 1. The molecule has 0 saturated heterocycles. The maximum atomic E-state index is 10.7. The van der Waals surface area contributed by atoms with Crippen molar-refractivity contribution in [2.24, 2.45) is 0 Å². The Labute approximate surface area is 82.1 Å². The van der Waals surface area contributed by atoms with Gasteiger partial charge in [-0.25, -0.2) is 0 Å². The van der Waals surface area contributed by atoms with E-state index in [0.29, 0.717) is 6.04 Å². The number of amides is 1. The first-order valence-electron chi connectivity index (χ1n) is 5.44. The summed E-state index contributed by atoms with van der Waals surface area (Å²) in [4.78, 5) is 10.7. The Morgan fingerprint density at radius 1 is 1.23 bits per heavy atom. The quantitative estimate of drug-likeness (QED) is 0.607. The van der Waals surface area contributed by atoms with E-state index in [1.54, 1.807) is 6.92 Å². The van der Waals surface area contributed by atoms with Crippen molar-refractivity contribution in [2.75, 3.05) is 0 Å². The van der Waals surface area contributed by atoms with E-state index in [4.69, 9.17) is 0 Å². The first-order chi connectivity index (χ1) is 6.16. The molecule has 1 amide bonds. The molecule has 13 heavy (non-hydrogen) atoms. The minimum absolute atomic E-state index is 0.0843. The first kappa shape index (κ1) is 12.5. The Hall–Kier alpha value is -0.530. The van der Waals surface area contributed by atoms with Crippen molar-refractivity contribution >= 4 is 5.91 Å². The third-order valence-corrected chi connectivity index (χ3v) is 2.19. The standard InChI is InChI=1S/C11H23NO/c1-4-5-6-7-8-9-10(2)12-11(3)13/h10H,4-9H2,1-3H3,(H,12,13)/t10-/m1/s1. The number of rotatable bonds is 7. The Bertz CT molecular complexity index is 134. The maximum absolute atomic E-state index is 10.7. The van der Waals surface area contributed by atoms with Crippen LogP contribution in [0.15, 0.2) is 0 Å². The first-order valence-corrected chi connectivity index (χ1v) is 5.44. The number of hydrogen-bond donors (Lipinski definition) is 1. The van der Waals surface area contributed by atoms with Gasteiger partial charge in [0.05, 0.1) is 0 Å². The predicted molar refractivity (Wildman–Crippen MR) is 56.7 cm³/mol. The molecule has 0 heterocycles. The highest BCUT2D eigenvalue weighted by Crippen LogP contribution is 2.06. The average molecular weight is 185 g/mol. The van der Waals surface area contributed by atoms with Gasteiger partial charge in [0.1, 0.15) is 0 Å². The molecule has 0 spiro atoms. The lowest BCUT2D eigenvalue weighted by Gasteiger charge is -2.11. The van der Waals surface area contributed by atoms with Gasteiger partial charge in [-0.3, -0.25) is 4.79 Å². The molecule has 2 heteroatoms. The van der Waals surface area contributed by atoms with E-state index in [9.17, 15) is 4.79 Å². The largest absolute Gasteiger partial charge is 0.354 e. The molecule has 0 aliphatic carbocycles. The summed E-state index contributed by atoms with van der Waals surface area (Å²) < 4.78 is 0. The van der Waals surface area contributed by atoms with Crippen LogP contribution < -0.4 is 5.32 Å². The van der Waals surface area contributed by atoms with Gasteiger partial charge in [-0.1, -0.05) is 39.0 Å². The molecule has 0 fully saturated rings. The van der Waals surface area contributed by atoms with E-state index >= 15 is 0 Å². The van der Waals surface area contributed by atoms with Crippen LogP contribution in [0.1, 0.15) is 59.3 Å². The van der Waals surface area contributed by atoms with Gasteiger partial charge < -0.3 is 5.32 Å². The van der Waals surface area contributed by atoms with E-state index < -0.39 is 0 Å². The zero-order valence-corrected chi connectivity index (χ0v) is 9.23. The highest BCUT2D eigenvalue weighted by atomic mass is 16.1. The fourth-order valence-electron chi connectivity index (χ4n) is 1.47. The van der Waals surface area contributed by atoms with Crippen molar-refractivity contribution in [1.82, 2.24) is 5.32 Å². The molecule has 0 rings (SSSR count). The maximum Gasteiger partial charge on any atom is 0.217 e. The molecular weight excluding hydrogens is 162 g/mol. The van der Waals surface area contributed by atoms with Gasteiger partial charge in [0.25, 0.3) is 0 Å². The third-order valence-electron chi connectivity index (χ3n) is 2.19. The summed E-state index contributed by atoms with van der Waals surface area (Å²) in [6.07, 6.45) is 7.63. The number of carbonyl (C=O) groups is 1. The summed E-state index contributed by atoms with van der Waals surface area (Å²) >= 11 is 0. The Morgan fingerprint density at radius 2 is 1.85 bits per heavy atom. The lowest BCUT2D eigenvalue weighted by Crippen LogP contribution is -2.30. The van der Waals surface area contributed by atoms with Crippen LogP contribution in [0.5, 0.6) is 0 Å². The second kappa shape index (κ2) is 8.09. The third kappa shape index (κ3) is 9.38. The SMILES string of the molecule is CCCCCCC[C@@H](C)NC(C)=O. The van der Waals surface area contributed by atoms with Crippen molar-refractivity contribution in [3.63, 3.8) is 0 Å². The van der Waals surface area contributed by atoms with Crippen LogP contribution in [-0.2, 0) is 4.79 Å². The van der Waals surface area contributed by atoms with E-state index in [1.807, 2.05) is 0 Å². The Balaban J connectivity index is 3.17. The van der Waals surface area contributed by atoms with Crippen LogP contribution >= 0.6 is 0 Å². The molecule has 0 aliphatic rings. The van der Waals surface area contributed by atoms with E-state index in [-0.39, 0.29) is 5.91 Å². The monoisotopic (exact) mass is 185 g/mol. The zero-order valence-electron chi connectivity index (χ0n) is 9.23. The van der Waals surface area contributed by atoms with Gasteiger partial charge in [0.2, 0.25) is 5.91 Å². The number of carbonyl (C=O) groups excluding carboxylic acids is 1. The van der Waals surface area contributed by atoms with Crippen LogP contribution in [0.3, 0.4) is 0 Å². The molecule has 0 bridgehead atoms. The smallest absolute Gasteiger partial charge is 0.217 e. The number of unbranched alkanes of at least 4 members (excludes halogenated alkanes) is 4. The minimum atomic E-state index is 0.0843. The molecule has 0 aliphatic heterocycles. The van der Waals surface area contributed by atoms with Gasteiger partial charge in [0, 0.05) is 13.0 Å². The van der Waals surface area contributed by atoms with Crippen LogP contribution in [0.4, 0.5) is 0 Å². The molecular formula is C11H23NO. The van der Waals surface area contributed by atoms with Gasteiger partial charge in [-0.2, -0.15) is 0 Å². The topological polar surface area (TPSA) is 29.1 Å². The van der Waals surface area contributed by atoms with Gasteiger partial charge in [-0.05, 0) is 13.3 Å². The van der Waals surface area contributed by atoms with Crippen molar-refractivity contribution in [1.29, 1.82) is 0 Å². The molecule has 0 aromatic rings. The molecule has 0 aromatic carbocycles. The van der Waals surface area contributed by atoms with E-state index in [0.717, 1.165) is 6.42 Å². The summed E-state index contributed by atoms with van der Waals surface area (Å²) in [6, 6.07) is 0.346. The normalized spacial score (nSPS) is 12.5. The van der Waals surface area contributed by atoms with Crippen molar-refractivity contribution in [2.45, 2.75) is 65.3 Å². The molecule has 0 saturated carbocycles. The summed E-state index contributed by atoms with van der Waals surface area (Å²) in [5.74, 6) is 0.0843. The summed E-state index contributed by atoms with van der Waals surface area (Å²) in [6.45, 7) is 5.87. The van der Waals surface area contributed by atoms with Crippen LogP contribution in [0.2, 0.25) is 0 Å². The highest BCUT2D eigenvalue weighted by molar-refractivity contribution is 5.73. The Kier molecular flexibility index (Phi) is 7.76. The highest BCUT2D eigenvalue weighted by Gasteiger charge is 2.01. The second-order valence-electron chi connectivity index (χ2n) is 3.80. The summed E-state index contributed by atoms with van der Waals surface area (Å²) in [7, 11) is 0. The van der Waals surface area contributed by atoms with E-state index in [1.165, 1.54) is 32.1 Å². The summed E-state index contributed by atoms with van der Waals surface area (Å²) in [5, 5.41) is 2.89. The van der Waals surface area contributed by atoms with E-state index in [2.05, 4.69) is 19.2 Å². The minimum Gasteiger partial charge on any atom is -0.354 e.